The molecule has 0 heterocycles. The summed E-state index contributed by atoms with van der Waals surface area (Å²) in [5, 5.41) is 9.82. The van der Waals surface area contributed by atoms with Crippen LogP contribution < -0.4 is 0 Å². The molecule has 5 heteroatoms. The maximum atomic E-state index is 11.5. The molecule has 120 valence electrons. The average Bonchev–Trinajstić information content (AvgIpc) is 2.49. The molecule has 0 aliphatic heterocycles. The highest BCUT2D eigenvalue weighted by atomic mass is 16.5. The van der Waals surface area contributed by atoms with Gasteiger partial charge in [-0.3, -0.25) is 0 Å². The molecular weight excluding hydrogens is 272 g/mol. The summed E-state index contributed by atoms with van der Waals surface area (Å²) in [6, 6.07) is 0. The van der Waals surface area contributed by atoms with Gasteiger partial charge in [-0.05, 0) is 12.5 Å². The van der Waals surface area contributed by atoms with E-state index in [4.69, 9.17) is 0 Å². The van der Waals surface area contributed by atoms with Crippen molar-refractivity contribution in [2.45, 2.75) is 51.6 Å². The van der Waals surface area contributed by atoms with Crippen molar-refractivity contribution >= 4 is 11.9 Å². The molecule has 0 aliphatic rings. The lowest BCUT2D eigenvalue weighted by Crippen LogP contribution is -2.08. The molecule has 0 spiro atoms. The lowest BCUT2D eigenvalue weighted by Gasteiger charge is -2.06. The molecule has 0 aromatic rings. The SMILES string of the molecule is CCCCCCCC(O)C=CC(=CC(=O)OC)C(=O)OC. The van der Waals surface area contributed by atoms with E-state index in [2.05, 4.69) is 16.4 Å². The van der Waals surface area contributed by atoms with Gasteiger partial charge in [-0.25, -0.2) is 9.59 Å². The smallest absolute Gasteiger partial charge is 0.338 e. The zero-order chi connectivity index (χ0) is 16.1. The van der Waals surface area contributed by atoms with Gasteiger partial charge >= 0.3 is 11.9 Å². The Morgan fingerprint density at radius 3 is 2.33 bits per heavy atom. The fourth-order valence-corrected chi connectivity index (χ4v) is 1.75. The summed E-state index contributed by atoms with van der Waals surface area (Å²) in [4.78, 5) is 22.6. The maximum absolute atomic E-state index is 11.5. The van der Waals surface area contributed by atoms with Crippen LogP contribution in [0.25, 0.3) is 0 Å². The Kier molecular flexibility index (Phi) is 11.2. The Hall–Kier alpha value is -1.62. The molecule has 0 bridgehead atoms. The van der Waals surface area contributed by atoms with Crippen molar-refractivity contribution in [3.05, 3.63) is 23.8 Å². The molecule has 5 nitrogen and oxygen atoms in total. The molecule has 1 unspecified atom stereocenters. The van der Waals surface area contributed by atoms with Gasteiger partial charge in [-0.15, -0.1) is 0 Å². The Labute approximate surface area is 126 Å². The monoisotopic (exact) mass is 298 g/mol. The van der Waals surface area contributed by atoms with E-state index in [-0.39, 0.29) is 5.57 Å². The van der Waals surface area contributed by atoms with Gasteiger partial charge in [0.15, 0.2) is 0 Å². The van der Waals surface area contributed by atoms with Crippen LogP contribution >= 0.6 is 0 Å². The molecule has 0 amide bonds. The van der Waals surface area contributed by atoms with Gasteiger partial charge < -0.3 is 14.6 Å². The van der Waals surface area contributed by atoms with Crippen LogP contribution in [0.2, 0.25) is 0 Å². The molecule has 0 radical (unpaired) electrons. The third-order valence-electron chi connectivity index (χ3n) is 3.00. The summed E-state index contributed by atoms with van der Waals surface area (Å²) in [6.07, 6.45) is 9.48. The zero-order valence-electron chi connectivity index (χ0n) is 13.1. The molecule has 0 saturated carbocycles. The normalized spacial score (nSPS) is 13.2. The number of carbonyl (C=O) groups excluding carboxylic acids is 2. The number of esters is 2. The van der Waals surface area contributed by atoms with Crippen molar-refractivity contribution in [2.75, 3.05) is 14.2 Å². The second-order valence-corrected chi connectivity index (χ2v) is 4.74. The number of aliphatic hydroxyl groups is 1. The van der Waals surface area contributed by atoms with Crippen molar-refractivity contribution in [1.29, 1.82) is 0 Å². The van der Waals surface area contributed by atoms with E-state index in [1.165, 1.54) is 45.6 Å². The van der Waals surface area contributed by atoms with Crippen molar-refractivity contribution in [3.8, 4) is 0 Å². The molecule has 0 aliphatic carbocycles. The minimum Gasteiger partial charge on any atom is -0.466 e. The second kappa shape index (κ2) is 12.1. The van der Waals surface area contributed by atoms with Crippen LogP contribution in [-0.4, -0.2) is 37.4 Å². The average molecular weight is 298 g/mol. The standard InChI is InChI=1S/C16H26O5/c1-4-5-6-7-8-9-14(17)11-10-13(16(19)21-3)12-15(18)20-2/h10-12,14,17H,4-9H2,1-3H3. The Bertz CT molecular complexity index is 371. The predicted octanol–water partition coefficient (Wildman–Crippen LogP) is 2.54. The molecule has 0 saturated heterocycles. The van der Waals surface area contributed by atoms with Crippen LogP contribution in [0.5, 0.6) is 0 Å². The van der Waals surface area contributed by atoms with Gasteiger partial charge in [0, 0.05) is 6.08 Å². The summed E-state index contributed by atoms with van der Waals surface area (Å²) >= 11 is 0. The Balaban J connectivity index is 4.39. The van der Waals surface area contributed by atoms with E-state index in [1.807, 2.05) is 0 Å². The fraction of sp³-hybridized carbons (Fsp3) is 0.625. The number of ether oxygens (including phenoxy) is 2. The Morgan fingerprint density at radius 2 is 1.76 bits per heavy atom. The molecule has 0 fully saturated rings. The Morgan fingerprint density at radius 1 is 1.10 bits per heavy atom. The number of hydrogen-bond donors (Lipinski definition) is 1. The molecule has 1 N–H and O–H groups in total. The van der Waals surface area contributed by atoms with Gasteiger partial charge in [0.1, 0.15) is 0 Å². The van der Waals surface area contributed by atoms with Gasteiger partial charge in [0.2, 0.25) is 0 Å². The molecule has 1 atom stereocenters. The minimum absolute atomic E-state index is 0.0504. The van der Waals surface area contributed by atoms with Crippen molar-refractivity contribution in [1.82, 2.24) is 0 Å². The van der Waals surface area contributed by atoms with Gasteiger partial charge in [-0.1, -0.05) is 45.1 Å². The van der Waals surface area contributed by atoms with Gasteiger partial charge in [0.05, 0.1) is 25.9 Å². The topological polar surface area (TPSA) is 72.8 Å². The summed E-state index contributed by atoms with van der Waals surface area (Å²) in [7, 11) is 2.45. The lowest BCUT2D eigenvalue weighted by atomic mass is 10.1. The van der Waals surface area contributed by atoms with Crippen LogP contribution in [0, 0.1) is 0 Å². The zero-order valence-corrected chi connectivity index (χ0v) is 13.1. The largest absolute Gasteiger partial charge is 0.466 e. The van der Waals surface area contributed by atoms with Crippen LogP contribution in [0.15, 0.2) is 23.8 Å². The van der Waals surface area contributed by atoms with Crippen molar-refractivity contribution in [2.24, 2.45) is 0 Å². The van der Waals surface area contributed by atoms with E-state index in [9.17, 15) is 14.7 Å². The lowest BCUT2D eigenvalue weighted by molar-refractivity contribution is -0.138. The van der Waals surface area contributed by atoms with E-state index >= 15 is 0 Å². The highest BCUT2D eigenvalue weighted by Gasteiger charge is 2.10. The van der Waals surface area contributed by atoms with E-state index in [1.54, 1.807) is 0 Å². The summed E-state index contributed by atoms with van der Waals surface area (Å²) in [5.74, 6) is -1.29. The molecular formula is C16H26O5. The summed E-state index contributed by atoms with van der Waals surface area (Å²) in [6.45, 7) is 2.15. The van der Waals surface area contributed by atoms with Crippen LogP contribution in [-0.2, 0) is 19.1 Å². The van der Waals surface area contributed by atoms with Gasteiger partial charge in [0.25, 0.3) is 0 Å². The predicted molar refractivity (Wildman–Crippen MR) is 80.6 cm³/mol. The van der Waals surface area contributed by atoms with Crippen LogP contribution in [0.4, 0.5) is 0 Å². The minimum atomic E-state index is -0.646. The number of methoxy groups -OCH3 is 2. The highest BCUT2D eigenvalue weighted by Crippen LogP contribution is 2.09. The number of rotatable bonds is 10. The van der Waals surface area contributed by atoms with Crippen LogP contribution in [0.3, 0.4) is 0 Å². The van der Waals surface area contributed by atoms with E-state index < -0.39 is 18.0 Å². The summed E-state index contributed by atoms with van der Waals surface area (Å²) < 4.78 is 9.03. The fourth-order valence-electron chi connectivity index (χ4n) is 1.75. The number of aliphatic hydroxyl groups excluding tert-OH is 1. The van der Waals surface area contributed by atoms with Crippen LogP contribution in [0.1, 0.15) is 45.4 Å². The molecule has 21 heavy (non-hydrogen) atoms. The first-order valence-electron chi connectivity index (χ1n) is 7.29. The third-order valence-corrected chi connectivity index (χ3v) is 3.00. The number of unbranched alkanes of at least 4 members (excludes halogenated alkanes) is 4. The van der Waals surface area contributed by atoms with Gasteiger partial charge in [-0.2, -0.15) is 0 Å². The first-order valence-corrected chi connectivity index (χ1v) is 7.29. The molecule has 0 aromatic carbocycles. The van der Waals surface area contributed by atoms with Crippen molar-refractivity contribution < 1.29 is 24.2 Å². The second-order valence-electron chi connectivity index (χ2n) is 4.74. The number of hydrogen-bond acceptors (Lipinski definition) is 5. The maximum Gasteiger partial charge on any atom is 0.338 e. The number of carbonyl (C=O) groups is 2. The highest BCUT2D eigenvalue weighted by molar-refractivity contribution is 5.98. The van der Waals surface area contributed by atoms with Crippen molar-refractivity contribution in [3.63, 3.8) is 0 Å². The third kappa shape index (κ3) is 9.85. The first-order chi connectivity index (χ1) is 10.0. The molecule has 0 rings (SSSR count). The molecule has 0 aromatic heterocycles. The van der Waals surface area contributed by atoms with E-state index in [0.29, 0.717) is 6.42 Å². The van der Waals surface area contributed by atoms with E-state index in [0.717, 1.165) is 18.9 Å². The quantitative estimate of drug-likeness (QED) is 0.290. The first kappa shape index (κ1) is 19.4. The summed E-state index contributed by atoms with van der Waals surface area (Å²) in [5.41, 5.74) is 0.0504.